The maximum absolute atomic E-state index is 5.85. The van der Waals surface area contributed by atoms with E-state index < -0.39 is 0 Å². The lowest BCUT2D eigenvalue weighted by molar-refractivity contribution is 0.0191. The molecule has 0 bridgehead atoms. The van der Waals surface area contributed by atoms with Gasteiger partial charge in [0.2, 0.25) is 0 Å². The Kier molecular flexibility index (Phi) is 3.77. The van der Waals surface area contributed by atoms with Crippen LogP contribution in [0.25, 0.3) is 10.8 Å². The Labute approximate surface area is 121 Å². The highest BCUT2D eigenvalue weighted by atomic mass is 16.5. The molecule has 0 aliphatic carbocycles. The van der Waals surface area contributed by atoms with Crippen molar-refractivity contribution in [2.45, 2.75) is 38.3 Å². The molecule has 20 heavy (non-hydrogen) atoms. The number of ether oxygens (including phenoxy) is 1. The lowest BCUT2D eigenvalue weighted by Crippen LogP contribution is -2.38. The Morgan fingerprint density at radius 2 is 2.00 bits per heavy atom. The molecular weight excluding hydrogens is 246 g/mol. The Hall–Kier alpha value is -1.38. The smallest absolute Gasteiger partial charge is 0.0779 e. The van der Waals surface area contributed by atoms with Crippen molar-refractivity contribution in [1.82, 2.24) is 5.32 Å². The Morgan fingerprint density at radius 1 is 1.20 bits per heavy atom. The molecule has 1 saturated heterocycles. The number of hydrogen-bond acceptors (Lipinski definition) is 2. The quantitative estimate of drug-likeness (QED) is 0.903. The van der Waals surface area contributed by atoms with E-state index in [0.717, 1.165) is 19.6 Å². The van der Waals surface area contributed by atoms with Crippen LogP contribution in [0.15, 0.2) is 42.5 Å². The summed E-state index contributed by atoms with van der Waals surface area (Å²) in [4.78, 5) is 0. The Bertz CT molecular complexity index is 581. The molecule has 106 valence electrons. The molecule has 1 heterocycles. The van der Waals surface area contributed by atoms with Gasteiger partial charge in [0.25, 0.3) is 0 Å². The SMILES string of the molecule is CC(NCC1(C)CCCO1)c1cccc2ccccc12. The second-order valence-corrected chi connectivity index (χ2v) is 6.07. The van der Waals surface area contributed by atoms with Gasteiger partial charge in [-0.15, -0.1) is 0 Å². The summed E-state index contributed by atoms with van der Waals surface area (Å²) in [5.41, 5.74) is 1.38. The van der Waals surface area contributed by atoms with Crippen LogP contribution in [-0.4, -0.2) is 18.8 Å². The Balaban J connectivity index is 1.77. The lowest BCUT2D eigenvalue weighted by Gasteiger charge is -2.26. The van der Waals surface area contributed by atoms with Crippen molar-refractivity contribution in [2.24, 2.45) is 0 Å². The molecular formula is C18H23NO. The highest BCUT2D eigenvalue weighted by Crippen LogP contribution is 2.27. The van der Waals surface area contributed by atoms with Gasteiger partial charge in [-0.25, -0.2) is 0 Å². The van der Waals surface area contributed by atoms with Crippen LogP contribution in [0, 0.1) is 0 Å². The molecule has 0 amide bonds. The molecule has 0 radical (unpaired) electrons. The van der Waals surface area contributed by atoms with Crippen molar-refractivity contribution in [1.29, 1.82) is 0 Å². The first-order valence-corrected chi connectivity index (χ1v) is 7.53. The standard InChI is InChI=1S/C18H23NO/c1-14(19-13-18(2)11-6-12-20-18)16-10-5-8-15-7-3-4-9-17(15)16/h3-5,7-10,14,19H,6,11-13H2,1-2H3. The van der Waals surface area contributed by atoms with Gasteiger partial charge in [0, 0.05) is 19.2 Å². The molecule has 0 spiro atoms. The van der Waals surface area contributed by atoms with Crippen LogP contribution in [0.4, 0.5) is 0 Å². The third-order valence-corrected chi connectivity index (χ3v) is 4.37. The van der Waals surface area contributed by atoms with Gasteiger partial charge in [-0.3, -0.25) is 0 Å². The third-order valence-electron chi connectivity index (χ3n) is 4.37. The van der Waals surface area contributed by atoms with Crippen molar-refractivity contribution in [2.75, 3.05) is 13.2 Å². The zero-order valence-electron chi connectivity index (χ0n) is 12.4. The molecule has 1 fully saturated rings. The molecule has 0 aromatic heterocycles. The predicted molar refractivity (Wildman–Crippen MR) is 84.0 cm³/mol. The molecule has 0 saturated carbocycles. The highest BCUT2D eigenvalue weighted by Gasteiger charge is 2.29. The average molecular weight is 269 g/mol. The van der Waals surface area contributed by atoms with Crippen molar-refractivity contribution >= 4 is 10.8 Å². The van der Waals surface area contributed by atoms with Crippen LogP contribution >= 0.6 is 0 Å². The minimum atomic E-state index is 0.0127. The summed E-state index contributed by atoms with van der Waals surface area (Å²) < 4.78 is 5.85. The van der Waals surface area contributed by atoms with E-state index in [1.54, 1.807) is 0 Å². The van der Waals surface area contributed by atoms with Gasteiger partial charge in [-0.05, 0) is 43.0 Å². The number of fused-ring (bicyclic) bond motifs is 1. The van der Waals surface area contributed by atoms with Crippen LogP contribution < -0.4 is 5.32 Å². The van der Waals surface area contributed by atoms with Gasteiger partial charge >= 0.3 is 0 Å². The first-order chi connectivity index (χ1) is 9.68. The summed E-state index contributed by atoms with van der Waals surface area (Å²) in [5, 5.41) is 6.30. The van der Waals surface area contributed by atoms with Gasteiger partial charge in [0.1, 0.15) is 0 Å². The summed E-state index contributed by atoms with van der Waals surface area (Å²) in [5.74, 6) is 0. The van der Waals surface area contributed by atoms with E-state index in [2.05, 4.69) is 61.6 Å². The minimum Gasteiger partial charge on any atom is -0.374 e. The first kappa shape index (κ1) is 13.6. The topological polar surface area (TPSA) is 21.3 Å². The molecule has 2 aromatic carbocycles. The van der Waals surface area contributed by atoms with Gasteiger partial charge in [0.15, 0.2) is 0 Å². The highest BCUT2D eigenvalue weighted by molar-refractivity contribution is 5.86. The van der Waals surface area contributed by atoms with Crippen LogP contribution in [-0.2, 0) is 4.74 Å². The average Bonchev–Trinajstić information content (AvgIpc) is 2.91. The Morgan fingerprint density at radius 3 is 2.80 bits per heavy atom. The zero-order chi connectivity index (χ0) is 14.0. The van der Waals surface area contributed by atoms with Gasteiger partial charge < -0.3 is 10.1 Å². The number of rotatable bonds is 4. The molecule has 2 atom stereocenters. The maximum atomic E-state index is 5.85. The van der Waals surface area contributed by atoms with Crippen LogP contribution in [0.2, 0.25) is 0 Å². The summed E-state index contributed by atoms with van der Waals surface area (Å²) >= 11 is 0. The maximum Gasteiger partial charge on any atom is 0.0779 e. The third kappa shape index (κ3) is 2.72. The van der Waals surface area contributed by atoms with Crippen LogP contribution in [0.5, 0.6) is 0 Å². The number of hydrogen-bond donors (Lipinski definition) is 1. The number of nitrogens with one attached hydrogen (secondary N) is 1. The lowest BCUT2D eigenvalue weighted by atomic mass is 9.98. The molecule has 2 unspecified atom stereocenters. The normalized spacial score (nSPS) is 24.1. The van der Waals surface area contributed by atoms with Crippen molar-refractivity contribution < 1.29 is 4.74 Å². The molecule has 3 rings (SSSR count). The fraction of sp³-hybridized carbons (Fsp3) is 0.444. The van der Waals surface area contributed by atoms with E-state index in [0.29, 0.717) is 6.04 Å². The molecule has 1 aliphatic heterocycles. The van der Waals surface area contributed by atoms with E-state index in [9.17, 15) is 0 Å². The van der Waals surface area contributed by atoms with Gasteiger partial charge in [-0.1, -0.05) is 42.5 Å². The minimum absolute atomic E-state index is 0.0127. The second kappa shape index (κ2) is 5.55. The number of benzene rings is 2. The summed E-state index contributed by atoms with van der Waals surface area (Å²) in [7, 11) is 0. The first-order valence-electron chi connectivity index (χ1n) is 7.53. The predicted octanol–water partition coefficient (Wildman–Crippen LogP) is 4.06. The van der Waals surface area contributed by atoms with E-state index in [-0.39, 0.29) is 5.60 Å². The van der Waals surface area contributed by atoms with Crippen LogP contribution in [0.1, 0.15) is 38.3 Å². The molecule has 2 aromatic rings. The zero-order valence-corrected chi connectivity index (χ0v) is 12.4. The molecule has 1 aliphatic rings. The second-order valence-electron chi connectivity index (χ2n) is 6.07. The monoisotopic (exact) mass is 269 g/mol. The van der Waals surface area contributed by atoms with E-state index in [1.165, 1.54) is 22.8 Å². The van der Waals surface area contributed by atoms with Crippen molar-refractivity contribution in [3.05, 3.63) is 48.0 Å². The van der Waals surface area contributed by atoms with Crippen LogP contribution in [0.3, 0.4) is 0 Å². The molecule has 2 heteroatoms. The van der Waals surface area contributed by atoms with Crippen molar-refractivity contribution in [3.8, 4) is 0 Å². The summed E-state index contributed by atoms with van der Waals surface area (Å²) in [6.07, 6.45) is 2.34. The van der Waals surface area contributed by atoms with Gasteiger partial charge in [-0.2, -0.15) is 0 Å². The summed E-state index contributed by atoms with van der Waals surface area (Å²) in [6.45, 7) is 6.27. The summed E-state index contributed by atoms with van der Waals surface area (Å²) in [6, 6.07) is 15.5. The van der Waals surface area contributed by atoms with E-state index in [4.69, 9.17) is 4.74 Å². The van der Waals surface area contributed by atoms with Crippen molar-refractivity contribution in [3.63, 3.8) is 0 Å². The fourth-order valence-corrected chi connectivity index (χ4v) is 3.08. The van der Waals surface area contributed by atoms with Gasteiger partial charge in [0.05, 0.1) is 5.60 Å². The largest absolute Gasteiger partial charge is 0.374 e. The van der Waals surface area contributed by atoms with E-state index in [1.807, 2.05) is 0 Å². The molecule has 2 nitrogen and oxygen atoms in total. The van der Waals surface area contributed by atoms with E-state index >= 15 is 0 Å². The molecule has 1 N–H and O–H groups in total. The fourth-order valence-electron chi connectivity index (χ4n) is 3.08.